The topological polar surface area (TPSA) is 25.2 Å². The highest BCUT2D eigenvalue weighted by molar-refractivity contribution is 7.99. The Kier molecular flexibility index (Phi) is 5.46. The molecule has 0 saturated heterocycles. The Bertz CT molecular complexity index is 293. The third-order valence-corrected chi connectivity index (χ3v) is 4.58. The van der Waals surface area contributed by atoms with Gasteiger partial charge in [0.25, 0.3) is 0 Å². The van der Waals surface area contributed by atoms with Crippen LogP contribution in [0.25, 0.3) is 0 Å². The molecule has 1 fully saturated rings. The molecule has 0 radical (unpaired) electrons. The first-order valence-electron chi connectivity index (χ1n) is 6.72. The van der Waals surface area contributed by atoms with E-state index < -0.39 is 0 Å². The van der Waals surface area contributed by atoms with Gasteiger partial charge in [0.1, 0.15) is 5.76 Å². The minimum absolute atomic E-state index is 0.655. The molecule has 0 spiro atoms. The molecule has 0 bridgehead atoms. The number of nitrogens with one attached hydrogen (secondary N) is 1. The molecular formula is C14H23NOS. The average Bonchev–Trinajstić information content (AvgIpc) is 2.88. The smallest absolute Gasteiger partial charge is 0.113 e. The summed E-state index contributed by atoms with van der Waals surface area (Å²) < 4.78 is 5.34. The molecule has 1 atom stereocenters. The lowest BCUT2D eigenvalue weighted by Gasteiger charge is -2.24. The minimum Gasteiger partial charge on any atom is -0.468 e. The quantitative estimate of drug-likeness (QED) is 0.834. The van der Waals surface area contributed by atoms with Crippen molar-refractivity contribution in [1.82, 2.24) is 5.32 Å². The molecule has 96 valence electrons. The van der Waals surface area contributed by atoms with Crippen molar-refractivity contribution in [2.24, 2.45) is 0 Å². The van der Waals surface area contributed by atoms with Gasteiger partial charge in [-0.2, -0.15) is 0 Å². The fourth-order valence-corrected chi connectivity index (χ4v) is 3.14. The van der Waals surface area contributed by atoms with E-state index in [-0.39, 0.29) is 0 Å². The summed E-state index contributed by atoms with van der Waals surface area (Å²) in [5, 5.41) is 4.35. The summed E-state index contributed by atoms with van der Waals surface area (Å²) in [5.74, 6) is 2.07. The molecule has 1 heterocycles. The Morgan fingerprint density at radius 3 is 2.94 bits per heavy atom. The van der Waals surface area contributed by atoms with E-state index in [4.69, 9.17) is 4.42 Å². The van der Waals surface area contributed by atoms with Gasteiger partial charge in [-0.15, -0.1) is 11.8 Å². The third-order valence-electron chi connectivity index (χ3n) is 3.39. The van der Waals surface area contributed by atoms with Crippen molar-refractivity contribution in [3.8, 4) is 0 Å². The molecule has 1 aliphatic rings. The highest BCUT2D eigenvalue weighted by Gasteiger charge is 2.13. The summed E-state index contributed by atoms with van der Waals surface area (Å²) >= 11 is 1.97. The van der Waals surface area contributed by atoms with E-state index in [1.807, 2.05) is 23.9 Å². The van der Waals surface area contributed by atoms with Crippen LogP contribution in [0.5, 0.6) is 0 Å². The lowest BCUT2D eigenvalue weighted by atomic mass is 9.95. The van der Waals surface area contributed by atoms with Gasteiger partial charge in [-0.1, -0.05) is 26.2 Å². The third kappa shape index (κ3) is 4.76. The SMILES string of the molecule is CC(CNC1CCCCC1)SCc1ccco1. The summed E-state index contributed by atoms with van der Waals surface area (Å²) in [6.07, 6.45) is 8.74. The zero-order valence-corrected chi connectivity index (χ0v) is 11.5. The van der Waals surface area contributed by atoms with Crippen LogP contribution < -0.4 is 5.32 Å². The van der Waals surface area contributed by atoms with Crippen molar-refractivity contribution in [2.75, 3.05) is 6.54 Å². The van der Waals surface area contributed by atoms with Crippen molar-refractivity contribution < 1.29 is 4.42 Å². The largest absolute Gasteiger partial charge is 0.468 e. The molecule has 3 heteroatoms. The van der Waals surface area contributed by atoms with E-state index in [9.17, 15) is 0 Å². The zero-order chi connectivity index (χ0) is 11.9. The van der Waals surface area contributed by atoms with Crippen LogP contribution in [0.4, 0.5) is 0 Å². The number of hydrogen-bond acceptors (Lipinski definition) is 3. The minimum atomic E-state index is 0.655. The van der Waals surface area contributed by atoms with Crippen molar-refractivity contribution in [3.05, 3.63) is 24.2 Å². The maximum atomic E-state index is 5.34. The van der Waals surface area contributed by atoms with Crippen LogP contribution in [0.1, 0.15) is 44.8 Å². The summed E-state index contributed by atoms with van der Waals surface area (Å²) in [4.78, 5) is 0. The molecule has 1 aliphatic carbocycles. The highest BCUT2D eigenvalue weighted by Crippen LogP contribution is 2.20. The van der Waals surface area contributed by atoms with Gasteiger partial charge in [0, 0.05) is 17.8 Å². The van der Waals surface area contributed by atoms with E-state index in [0.717, 1.165) is 24.1 Å². The van der Waals surface area contributed by atoms with E-state index in [2.05, 4.69) is 12.2 Å². The summed E-state index contributed by atoms with van der Waals surface area (Å²) in [5.41, 5.74) is 0. The summed E-state index contributed by atoms with van der Waals surface area (Å²) in [7, 11) is 0. The standard InChI is InChI=1S/C14H23NOS/c1-12(17-11-14-8-5-9-16-14)10-15-13-6-3-2-4-7-13/h5,8-9,12-13,15H,2-4,6-7,10-11H2,1H3. The Morgan fingerprint density at radius 2 is 2.24 bits per heavy atom. The monoisotopic (exact) mass is 253 g/mol. The number of rotatable bonds is 6. The molecular weight excluding hydrogens is 230 g/mol. The van der Waals surface area contributed by atoms with Crippen LogP contribution in [-0.4, -0.2) is 17.8 Å². The summed E-state index contributed by atoms with van der Waals surface area (Å²) in [6.45, 7) is 3.42. The van der Waals surface area contributed by atoms with Crippen LogP contribution in [0.15, 0.2) is 22.8 Å². The van der Waals surface area contributed by atoms with E-state index in [0.29, 0.717) is 5.25 Å². The number of furan rings is 1. The van der Waals surface area contributed by atoms with Crippen LogP contribution in [-0.2, 0) is 5.75 Å². The van der Waals surface area contributed by atoms with Crippen LogP contribution in [0.3, 0.4) is 0 Å². The fourth-order valence-electron chi connectivity index (χ4n) is 2.32. The Hall–Kier alpha value is -0.410. The molecule has 1 unspecified atom stereocenters. The maximum Gasteiger partial charge on any atom is 0.113 e. The van der Waals surface area contributed by atoms with E-state index in [1.54, 1.807) is 6.26 Å². The molecule has 2 rings (SSSR count). The Balaban J connectivity index is 1.58. The molecule has 2 nitrogen and oxygen atoms in total. The molecule has 0 aliphatic heterocycles. The predicted molar refractivity (Wildman–Crippen MR) is 74.3 cm³/mol. The molecule has 1 aromatic heterocycles. The van der Waals surface area contributed by atoms with Crippen molar-refractivity contribution >= 4 is 11.8 Å². The lowest BCUT2D eigenvalue weighted by molar-refractivity contribution is 0.375. The average molecular weight is 253 g/mol. The molecule has 1 N–H and O–H groups in total. The van der Waals surface area contributed by atoms with Gasteiger partial charge in [-0.05, 0) is 25.0 Å². The zero-order valence-electron chi connectivity index (χ0n) is 10.7. The molecule has 17 heavy (non-hydrogen) atoms. The Morgan fingerprint density at radius 1 is 1.41 bits per heavy atom. The fraction of sp³-hybridized carbons (Fsp3) is 0.714. The second kappa shape index (κ2) is 7.12. The van der Waals surface area contributed by atoms with Crippen LogP contribution in [0, 0.1) is 0 Å². The van der Waals surface area contributed by atoms with Gasteiger partial charge in [0.15, 0.2) is 0 Å². The van der Waals surface area contributed by atoms with Crippen molar-refractivity contribution in [3.63, 3.8) is 0 Å². The van der Waals surface area contributed by atoms with Gasteiger partial charge in [-0.25, -0.2) is 0 Å². The van der Waals surface area contributed by atoms with Gasteiger partial charge < -0.3 is 9.73 Å². The normalized spacial score (nSPS) is 19.4. The van der Waals surface area contributed by atoms with Crippen molar-refractivity contribution in [1.29, 1.82) is 0 Å². The molecule has 0 amide bonds. The molecule has 1 aromatic rings. The molecule has 0 aromatic carbocycles. The van der Waals surface area contributed by atoms with Gasteiger partial charge >= 0.3 is 0 Å². The number of hydrogen-bond donors (Lipinski definition) is 1. The van der Waals surface area contributed by atoms with Crippen LogP contribution in [0.2, 0.25) is 0 Å². The van der Waals surface area contributed by atoms with Gasteiger partial charge in [0.05, 0.1) is 12.0 Å². The van der Waals surface area contributed by atoms with Crippen LogP contribution >= 0.6 is 11.8 Å². The first kappa shape index (κ1) is 13.0. The Labute approximate surface area is 109 Å². The maximum absolute atomic E-state index is 5.34. The predicted octanol–water partition coefficient (Wildman–Crippen LogP) is 3.82. The van der Waals surface area contributed by atoms with Gasteiger partial charge in [-0.3, -0.25) is 0 Å². The highest BCUT2D eigenvalue weighted by atomic mass is 32.2. The first-order valence-corrected chi connectivity index (χ1v) is 7.77. The number of thioether (sulfide) groups is 1. The van der Waals surface area contributed by atoms with E-state index >= 15 is 0 Å². The lowest BCUT2D eigenvalue weighted by Crippen LogP contribution is -2.35. The summed E-state index contributed by atoms with van der Waals surface area (Å²) in [6, 6.07) is 4.78. The van der Waals surface area contributed by atoms with E-state index in [1.165, 1.54) is 32.1 Å². The molecule has 1 saturated carbocycles. The second-order valence-corrected chi connectivity index (χ2v) is 6.37. The second-order valence-electron chi connectivity index (χ2n) is 4.94. The van der Waals surface area contributed by atoms with Gasteiger partial charge in [0.2, 0.25) is 0 Å². The van der Waals surface area contributed by atoms with Crippen molar-refractivity contribution in [2.45, 2.75) is 56.1 Å². The first-order chi connectivity index (χ1) is 8.34.